The predicted molar refractivity (Wildman–Crippen MR) is 133 cm³/mol. The molecule has 1 fully saturated rings. The van der Waals surface area contributed by atoms with E-state index in [2.05, 4.69) is 0 Å². The highest BCUT2D eigenvalue weighted by atomic mass is 16.5. The Labute approximate surface area is 201 Å². The van der Waals surface area contributed by atoms with Crippen LogP contribution in [0, 0.1) is 0 Å². The summed E-state index contributed by atoms with van der Waals surface area (Å²) in [6, 6.07) is 12.7. The van der Waals surface area contributed by atoms with Crippen molar-refractivity contribution in [1.82, 2.24) is 9.80 Å². The van der Waals surface area contributed by atoms with Crippen molar-refractivity contribution in [3.63, 3.8) is 0 Å². The first-order chi connectivity index (χ1) is 16.4. The average molecular weight is 463 g/mol. The Kier molecular flexibility index (Phi) is 7.37. The minimum absolute atomic E-state index is 0.101. The van der Waals surface area contributed by atoms with Gasteiger partial charge >= 0.3 is 0 Å². The molecule has 6 nitrogen and oxygen atoms in total. The summed E-state index contributed by atoms with van der Waals surface area (Å²) < 4.78 is 5.70. The van der Waals surface area contributed by atoms with Crippen LogP contribution in [0.2, 0.25) is 0 Å². The third-order valence-electron chi connectivity index (χ3n) is 6.62. The Morgan fingerprint density at radius 1 is 1.06 bits per heavy atom. The van der Waals surface area contributed by atoms with Crippen LogP contribution in [0.5, 0.6) is 5.75 Å². The second kappa shape index (κ2) is 10.4. The molecule has 0 bridgehead atoms. The Hall–Kier alpha value is -3.12. The molecule has 1 aliphatic heterocycles. The Bertz CT molecular complexity index is 1090. The summed E-state index contributed by atoms with van der Waals surface area (Å²) in [7, 11) is 3.86. The van der Waals surface area contributed by atoms with Gasteiger partial charge in [0.15, 0.2) is 0 Å². The van der Waals surface area contributed by atoms with Crippen LogP contribution in [-0.2, 0) is 22.4 Å². The summed E-state index contributed by atoms with van der Waals surface area (Å²) >= 11 is 0. The molecule has 1 N–H and O–H groups in total. The Balaban J connectivity index is 1.76. The molecule has 4 rings (SSSR count). The monoisotopic (exact) mass is 462 g/mol. The number of likely N-dealkylation sites (N-methyl/N-ethyl adjacent to an activating group) is 1. The van der Waals surface area contributed by atoms with Crippen LogP contribution in [0.1, 0.15) is 54.5 Å². The van der Waals surface area contributed by atoms with Gasteiger partial charge in [-0.3, -0.25) is 9.59 Å². The molecule has 1 heterocycles. The maximum Gasteiger partial charge on any atom is 0.295 e. The van der Waals surface area contributed by atoms with Gasteiger partial charge in [0, 0.05) is 18.7 Å². The lowest BCUT2D eigenvalue weighted by Crippen LogP contribution is -2.35. The molecule has 2 aromatic carbocycles. The normalized spacial score (nSPS) is 19.5. The zero-order valence-electron chi connectivity index (χ0n) is 20.3. The number of carbonyl (C=O) groups excluding carboxylic acids is 2. The number of ketones is 1. The van der Waals surface area contributed by atoms with Crippen molar-refractivity contribution in [2.45, 2.75) is 45.1 Å². The number of likely N-dealkylation sites (tertiary alicyclic amines) is 1. The van der Waals surface area contributed by atoms with E-state index < -0.39 is 17.7 Å². The summed E-state index contributed by atoms with van der Waals surface area (Å²) in [5.74, 6) is -0.566. The number of ether oxygens (including phenoxy) is 1. The predicted octanol–water partition coefficient (Wildman–Crippen LogP) is 4.34. The second-order valence-corrected chi connectivity index (χ2v) is 9.40. The molecule has 1 aliphatic carbocycles. The van der Waals surface area contributed by atoms with Crippen LogP contribution >= 0.6 is 0 Å². The number of rotatable bonds is 8. The van der Waals surface area contributed by atoms with E-state index in [1.54, 1.807) is 4.90 Å². The highest BCUT2D eigenvalue weighted by Gasteiger charge is 2.45. The van der Waals surface area contributed by atoms with Crippen molar-refractivity contribution in [1.29, 1.82) is 0 Å². The van der Waals surface area contributed by atoms with E-state index in [9.17, 15) is 14.7 Å². The number of fused-ring (bicyclic) bond motifs is 1. The van der Waals surface area contributed by atoms with Gasteiger partial charge in [0.25, 0.3) is 11.7 Å². The average Bonchev–Trinajstić information content (AvgIpc) is 3.10. The smallest absolute Gasteiger partial charge is 0.295 e. The zero-order chi connectivity index (χ0) is 24.2. The van der Waals surface area contributed by atoms with Gasteiger partial charge in [-0.05, 0) is 81.1 Å². The quantitative estimate of drug-likeness (QED) is 0.359. The molecule has 0 spiro atoms. The summed E-state index contributed by atoms with van der Waals surface area (Å²) in [6.45, 7) is 3.67. The highest BCUT2D eigenvalue weighted by Crippen LogP contribution is 2.40. The zero-order valence-corrected chi connectivity index (χ0v) is 20.3. The molecule has 1 unspecified atom stereocenters. The van der Waals surface area contributed by atoms with Crippen molar-refractivity contribution in [2.75, 3.05) is 33.8 Å². The fraction of sp³-hybridized carbons (Fsp3) is 0.429. The number of benzene rings is 2. The van der Waals surface area contributed by atoms with Gasteiger partial charge in [-0.2, -0.15) is 0 Å². The fourth-order valence-corrected chi connectivity index (χ4v) is 4.77. The van der Waals surface area contributed by atoms with Crippen LogP contribution in [0.3, 0.4) is 0 Å². The van der Waals surface area contributed by atoms with Crippen molar-refractivity contribution >= 4 is 17.4 Å². The molecular formula is C28H34N2O4. The molecule has 180 valence electrons. The number of aliphatic hydroxyl groups excluding tert-OH is 1. The lowest BCUT2D eigenvalue weighted by atomic mass is 9.88. The largest absolute Gasteiger partial charge is 0.507 e. The molecule has 6 heteroatoms. The molecule has 1 atom stereocenters. The summed E-state index contributed by atoms with van der Waals surface area (Å²) in [5.41, 5.74) is 4.04. The number of aliphatic hydroxyl groups is 1. The lowest BCUT2D eigenvalue weighted by molar-refractivity contribution is -0.140. The van der Waals surface area contributed by atoms with Gasteiger partial charge in [-0.15, -0.1) is 0 Å². The van der Waals surface area contributed by atoms with Gasteiger partial charge in [0.1, 0.15) is 11.5 Å². The number of aryl methyl sites for hydroxylation is 2. The Morgan fingerprint density at radius 2 is 1.76 bits per heavy atom. The number of nitrogens with zero attached hydrogens (tertiary/aromatic N) is 2. The standard InChI is InChI=1S/C28H34N2O4/c1-4-17-34-23-13-11-20(12-14-23)25-24(27(32)28(33)30(25)16-15-29(2)3)26(31)22-10-9-19-7-5-6-8-21(19)18-22/h9-14,18,25,31H,4-8,15-17H2,1-3H3/b26-24-. The van der Waals surface area contributed by atoms with Gasteiger partial charge in [0.05, 0.1) is 18.2 Å². The number of hydrogen-bond donors (Lipinski definition) is 1. The van der Waals surface area contributed by atoms with Crippen molar-refractivity contribution in [3.05, 3.63) is 70.3 Å². The maximum atomic E-state index is 13.2. The van der Waals surface area contributed by atoms with Crippen LogP contribution in [-0.4, -0.2) is 60.4 Å². The van der Waals surface area contributed by atoms with E-state index in [0.717, 1.165) is 37.0 Å². The van der Waals surface area contributed by atoms with E-state index >= 15 is 0 Å². The third-order valence-corrected chi connectivity index (χ3v) is 6.62. The van der Waals surface area contributed by atoms with Crippen LogP contribution < -0.4 is 4.74 Å². The van der Waals surface area contributed by atoms with E-state index in [1.165, 1.54) is 17.5 Å². The highest BCUT2D eigenvalue weighted by molar-refractivity contribution is 6.46. The second-order valence-electron chi connectivity index (χ2n) is 9.40. The first-order valence-corrected chi connectivity index (χ1v) is 12.2. The number of amides is 1. The van der Waals surface area contributed by atoms with Crippen LogP contribution in [0.4, 0.5) is 0 Å². The fourth-order valence-electron chi connectivity index (χ4n) is 4.77. The number of Topliss-reactive ketones (excluding diaryl/α,β-unsaturated/α-hetero) is 1. The van der Waals surface area contributed by atoms with E-state index in [0.29, 0.717) is 25.3 Å². The molecular weight excluding hydrogens is 428 g/mol. The summed E-state index contributed by atoms with van der Waals surface area (Å²) in [5, 5.41) is 11.4. The number of carbonyl (C=O) groups is 2. The van der Waals surface area contributed by atoms with Gasteiger partial charge in [-0.25, -0.2) is 0 Å². The van der Waals surface area contributed by atoms with E-state index in [1.807, 2.05) is 68.4 Å². The van der Waals surface area contributed by atoms with Gasteiger partial charge in [0.2, 0.25) is 0 Å². The number of hydrogen-bond acceptors (Lipinski definition) is 5. The molecule has 0 saturated carbocycles. The molecule has 1 saturated heterocycles. The maximum absolute atomic E-state index is 13.2. The first-order valence-electron chi connectivity index (χ1n) is 12.2. The molecule has 0 aromatic heterocycles. The van der Waals surface area contributed by atoms with E-state index in [4.69, 9.17) is 4.74 Å². The van der Waals surface area contributed by atoms with Gasteiger partial charge < -0.3 is 19.6 Å². The van der Waals surface area contributed by atoms with Crippen molar-refractivity contribution < 1.29 is 19.4 Å². The van der Waals surface area contributed by atoms with Crippen molar-refractivity contribution in [3.8, 4) is 5.75 Å². The third kappa shape index (κ3) is 4.87. The molecule has 2 aliphatic rings. The minimum atomic E-state index is -0.642. The molecule has 0 radical (unpaired) electrons. The SMILES string of the molecule is CCCOc1ccc(C2/C(=C(/O)c3ccc4c(c3)CCCC4)C(=O)C(=O)N2CCN(C)C)cc1. The Morgan fingerprint density at radius 3 is 2.44 bits per heavy atom. The molecule has 1 amide bonds. The minimum Gasteiger partial charge on any atom is -0.507 e. The van der Waals surface area contributed by atoms with Crippen LogP contribution in [0.15, 0.2) is 48.0 Å². The van der Waals surface area contributed by atoms with E-state index in [-0.39, 0.29) is 11.3 Å². The summed E-state index contributed by atoms with van der Waals surface area (Å²) in [4.78, 5) is 29.8. The van der Waals surface area contributed by atoms with Gasteiger partial charge in [-0.1, -0.05) is 31.2 Å². The molecule has 34 heavy (non-hydrogen) atoms. The summed E-state index contributed by atoms with van der Waals surface area (Å²) in [6.07, 6.45) is 5.22. The first kappa shape index (κ1) is 24.0. The molecule has 2 aromatic rings. The van der Waals surface area contributed by atoms with Crippen molar-refractivity contribution in [2.24, 2.45) is 0 Å². The topological polar surface area (TPSA) is 70.1 Å². The van der Waals surface area contributed by atoms with Crippen LogP contribution in [0.25, 0.3) is 5.76 Å². The lowest BCUT2D eigenvalue weighted by Gasteiger charge is -2.27.